The van der Waals surface area contributed by atoms with Crippen LogP contribution in [0.25, 0.3) is 0 Å². The number of hydrogen-bond acceptors (Lipinski definition) is 6. The molecule has 0 aliphatic rings. The number of rotatable bonds is 9. The summed E-state index contributed by atoms with van der Waals surface area (Å²) in [5.74, 6) is -1.16. The first-order chi connectivity index (χ1) is 12.7. The second-order valence-electron chi connectivity index (χ2n) is 6.19. The highest BCUT2D eigenvalue weighted by Gasteiger charge is 2.20. The number of nitrogens with one attached hydrogen (secondary N) is 1. The van der Waals surface area contributed by atoms with Gasteiger partial charge in [0.15, 0.2) is 6.61 Å². The minimum Gasteiger partial charge on any atom is -0.456 e. The Morgan fingerprint density at radius 2 is 2.00 bits per heavy atom. The van der Waals surface area contributed by atoms with E-state index < -0.39 is 29.1 Å². The number of aryl methyl sites for hydroxylation is 2. The molecule has 0 bridgehead atoms. The number of carbonyl (C=O) groups excluding carboxylic acids is 2. The molecule has 0 aliphatic heterocycles. The van der Waals surface area contributed by atoms with Gasteiger partial charge in [0.2, 0.25) is 15.8 Å². The van der Waals surface area contributed by atoms with E-state index in [9.17, 15) is 18.0 Å². The van der Waals surface area contributed by atoms with E-state index in [0.29, 0.717) is 5.56 Å². The molecule has 0 atom stereocenters. The van der Waals surface area contributed by atoms with Crippen LogP contribution in [0.1, 0.15) is 35.1 Å². The summed E-state index contributed by atoms with van der Waals surface area (Å²) >= 11 is 0. The largest absolute Gasteiger partial charge is 0.456 e. The van der Waals surface area contributed by atoms with Gasteiger partial charge in [-0.15, -0.1) is 0 Å². The Morgan fingerprint density at radius 1 is 1.30 bits per heavy atom. The first-order valence-corrected chi connectivity index (χ1v) is 9.98. The van der Waals surface area contributed by atoms with Gasteiger partial charge in [0.1, 0.15) is 11.4 Å². The molecule has 9 nitrogen and oxygen atoms in total. The number of Topliss-reactive ketones (excluding diaryl/α,β-unsaturated/α-hetero) is 1. The van der Waals surface area contributed by atoms with Gasteiger partial charge in [-0.25, -0.2) is 8.42 Å². The molecule has 2 rings (SSSR count). The highest BCUT2D eigenvalue weighted by Crippen LogP contribution is 2.16. The monoisotopic (exact) mass is 396 g/mol. The number of ketones is 1. The fourth-order valence-electron chi connectivity index (χ4n) is 2.70. The van der Waals surface area contributed by atoms with Crippen LogP contribution in [0.3, 0.4) is 0 Å². The zero-order chi connectivity index (χ0) is 20.2. The number of ether oxygens (including phenoxy) is 1. The highest BCUT2D eigenvalue weighted by atomic mass is 32.2. The molecule has 27 heavy (non-hydrogen) atoms. The molecule has 0 spiro atoms. The third-order valence-corrected chi connectivity index (χ3v) is 5.44. The molecule has 148 valence electrons. The first kappa shape index (κ1) is 20.8. The van der Waals surface area contributed by atoms with Crippen molar-refractivity contribution in [3.05, 3.63) is 35.4 Å². The quantitative estimate of drug-likeness (QED) is 0.499. The van der Waals surface area contributed by atoms with E-state index in [1.165, 1.54) is 17.1 Å². The van der Waals surface area contributed by atoms with Gasteiger partial charge in [-0.3, -0.25) is 14.3 Å². The van der Waals surface area contributed by atoms with Crippen molar-refractivity contribution in [2.24, 2.45) is 7.05 Å². The summed E-state index contributed by atoms with van der Waals surface area (Å²) in [7, 11) is -2.28. The SMILES string of the molecule is CCCn1c(C)cc(C(=O)COC(=O)CNS(=O)(=O)c2cnn(C)c2)c1C. The van der Waals surface area contributed by atoms with Gasteiger partial charge in [-0.2, -0.15) is 9.82 Å². The normalized spacial score (nSPS) is 11.6. The van der Waals surface area contributed by atoms with Crippen molar-refractivity contribution in [3.63, 3.8) is 0 Å². The molecule has 1 N–H and O–H groups in total. The van der Waals surface area contributed by atoms with Crippen molar-refractivity contribution < 1.29 is 22.7 Å². The molecule has 10 heteroatoms. The van der Waals surface area contributed by atoms with Gasteiger partial charge < -0.3 is 9.30 Å². The van der Waals surface area contributed by atoms with Crippen molar-refractivity contribution in [2.45, 2.75) is 38.6 Å². The summed E-state index contributed by atoms with van der Waals surface area (Å²) < 4.78 is 34.4. The third kappa shape index (κ3) is 5.04. The molecular formula is C17H24N4O5S. The van der Waals surface area contributed by atoms with Crippen LogP contribution in [0.4, 0.5) is 0 Å². The van der Waals surface area contributed by atoms with Crippen LogP contribution in [0.5, 0.6) is 0 Å². The number of carbonyl (C=O) groups is 2. The van der Waals surface area contributed by atoms with Gasteiger partial charge in [0.05, 0.1) is 6.20 Å². The van der Waals surface area contributed by atoms with E-state index in [-0.39, 0.29) is 10.7 Å². The number of sulfonamides is 1. The molecule has 0 amide bonds. The van der Waals surface area contributed by atoms with E-state index in [1.807, 2.05) is 18.4 Å². The molecule has 2 heterocycles. The van der Waals surface area contributed by atoms with E-state index in [0.717, 1.165) is 24.4 Å². The Balaban J connectivity index is 1.90. The van der Waals surface area contributed by atoms with Crippen molar-refractivity contribution in [1.82, 2.24) is 19.1 Å². The highest BCUT2D eigenvalue weighted by molar-refractivity contribution is 7.89. The number of hydrogen-bond donors (Lipinski definition) is 1. The minimum atomic E-state index is -3.86. The van der Waals surface area contributed by atoms with Gasteiger partial charge in [-0.05, 0) is 26.3 Å². The predicted octanol–water partition coefficient (Wildman–Crippen LogP) is 0.953. The Hall–Kier alpha value is -2.46. The van der Waals surface area contributed by atoms with Gasteiger partial charge in [0, 0.05) is 36.7 Å². The summed E-state index contributed by atoms with van der Waals surface area (Å²) in [6, 6.07) is 1.77. The van der Waals surface area contributed by atoms with Crippen molar-refractivity contribution >= 4 is 21.8 Å². The fourth-order valence-corrected chi connectivity index (χ4v) is 3.65. The smallest absolute Gasteiger partial charge is 0.321 e. The fraction of sp³-hybridized carbons (Fsp3) is 0.471. The Bertz CT molecular complexity index is 943. The van der Waals surface area contributed by atoms with Crippen LogP contribution >= 0.6 is 0 Å². The van der Waals surface area contributed by atoms with Crippen LogP contribution in [0, 0.1) is 13.8 Å². The molecule has 0 saturated heterocycles. The Morgan fingerprint density at radius 3 is 2.59 bits per heavy atom. The van der Waals surface area contributed by atoms with Crippen LogP contribution in [-0.2, 0) is 33.1 Å². The van der Waals surface area contributed by atoms with E-state index in [4.69, 9.17) is 4.74 Å². The van der Waals surface area contributed by atoms with Crippen LogP contribution in [0.2, 0.25) is 0 Å². The maximum Gasteiger partial charge on any atom is 0.321 e. The lowest BCUT2D eigenvalue weighted by Crippen LogP contribution is -2.31. The molecule has 0 aliphatic carbocycles. The molecule has 0 aromatic carbocycles. The van der Waals surface area contributed by atoms with E-state index >= 15 is 0 Å². The Labute approximate surface area is 158 Å². The molecule has 2 aromatic rings. The third-order valence-electron chi connectivity index (χ3n) is 4.08. The van der Waals surface area contributed by atoms with Crippen LogP contribution in [0.15, 0.2) is 23.4 Å². The number of esters is 1. The summed E-state index contributed by atoms with van der Waals surface area (Å²) in [5.41, 5.74) is 2.30. The second kappa shape index (κ2) is 8.49. The van der Waals surface area contributed by atoms with Gasteiger partial charge in [0.25, 0.3) is 0 Å². The lowest BCUT2D eigenvalue weighted by molar-refractivity contribution is -0.141. The lowest BCUT2D eigenvalue weighted by atomic mass is 10.1. The summed E-state index contributed by atoms with van der Waals surface area (Å²) in [5, 5.41) is 3.77. The second-order valence-corrected chi connectivity index (χ2v) is 7.96. The zero-order valence-electron chi connectivity index (χ0n) is 15.9. The maximum atomic E-state index is 12.3. The van der Waals surface area contributed by atoms with Crippen LogP contribution in [-0.4, -0.2) is 47.7 Å². The molecular weight excluding hydrogens is 372 g/mol. The van der Waals surface area contributed by atoms with Gasteiger partial charge >= 0.3 is 5.97 Å². The summed E-state index contributed by atoms with van der Waals surface area (Å²) in [6.45, 7) is 5.61. The summed E-state index contributed by atoms with van der Waals surface area (Å²) in [4.78, 5) is 24.1. The average molecular weight is 396 g/mol. The lowest BCUT2D eigenvalue weighted by Gasteiger charge is -2.08. The molecule has 0 radical (unpaired) electrons. The van der Waals surface area contributed by atoms with Gasteiger partial charge in [-0.1, -0.05) is 6.92 Å². The molecule has 0 fully saturated rings. The summed E-state index contributed by atoms with van der Waals surface area (Å²) in [6.07, 6.45) is 3.42. The molecule has 0 unspecified atom stereocenters. The van der Waals surface area contributed by atoms with E-state index in [2.05, 4.69) is 16.7 Å². The minimum absolute atomic E-state index is 0.0581. The zero-order valence-corrected chi connectivity index (χ0v) is 16.7. The standard InChI is InChI=1S/C17H24N4O5S/c1-5-6-21-12(2)7-15(13(21)3)16(22)11-26-17(23)9-19-27(24,25)14-8-18-20(4)10-14/h7-8,10,19H,5-6,9,11H2,1-4H3. The Kier molecular flexibility index (Phi) is 6.55. The average Bonchev–Trinajstić information content (AvgIpc) is 3.17. The predicted molar refractivity (Wildman–Crippen MR) is 97.9 cm³/mol. The van der Waals surface area contributed by atoms with Crippen LogP contribution < -0.4 is 4.72 Å². The molecule has 2 aromatic heterocycles. The molecule has 0 saturated carbocycles. The van der Waals surface area contributed by atoms with Crippen molar-refractivity contribution in [2.75, 3.05) is 13.2 Å². The topological polar surface area (TPSA) is 112 Å². The number of nitrogens with zero attached hydrogens (tertiary/aromatic N) is 3. The van der Waals surface area contributed by atoms with E-state index in [1.54, 1.807) is 13.1 Å². The van der Waals surface area contributed by atoms with Crippen molar-refractivity contribution in [3.8, 4) is 0 Å². The number of aromatic nitrogens is 3. The first-order valence-electron chi connectivity index (χ1n) is 8.49. The van der Waals surface area contributed by atoms with Crippen molar-refractivity contribution in [1.29, 1.82) is 0 Å². The maximum absolute atomic E-state index is 12.3.